The van der Waals surface area contributed by atoms with Crippen LogP contribution in [0.15, 0.2) is 32.3 Å². The Morgan fingerprint density at radius 3 is 2.85 bits per heavy atom. The van der Waals surface area contributed by atoms with Crippen LogP contribution < -0.4 is 11.1 Å². The fourth-order valence-corrected chi connectivity index (χ4v) is 3.04. The first-order valence-corrected chi connectivity index (χ1v) is 8.85. The van der Waals surface area contributed by atoms with Gasteiger partial charge in [-0.2, -0.15) is 0 Å². The number of benzene rings is 1. The largest absolute Gasteiger partial charge is 0.382 e. The molecule has 0 radical (unpaired) electrons. The average molecular weight is 425 g/mol. The highest BCUT2D eigenvalue weighted by Crippen LogP contribution is 2.23. The van der Waals surface area contributed by atoms with Gasteiger partial charge in [-0.05, 0) is 77.4 Å². The van der Waals surface area contributed by atoms with E-state index in [1.165, 1.54) is 18.2 Å². The summed E-state index contributed by atoms with van der Waals surface area (Å²) in [6, 6.07) is 4.21. The molecule has 0 spiro atoms. The molecule has 0 saturated carbocycles. The number of aromatic nitrogens is 2. The lowest BCUT2D eigenvalue weighted by Crippen LogP contribution is -2.36. The van der Waals surface area contributed by atoms with Gasteiger partial charge in [0.15, 0.2) is 11.5 Å². The lowest BCUT2D eigenvalue weighted by molar-refractivity contribution is -0.121. The highest BCUT2D eigenvalue weighted by molar-refractivity contribution is 9.10. The summed E-state index contributed by atoms with van der Waals surface area (Å²) in [5.41, 5.74) is 6.51. The fourth-order valence-electron chi connectivity index (χ4n) is 2.67. The van der Waals surface area contributed by atoms with Crippen molar-refractivity contribution in [3.05, 3.63) is 34.2 Å². The zero-order valence-corrected chi connectivity index (χ0v) is 15.7. The third-order valence-corrected chi connectivity index (χ3v) is 4.82. The van der Waals surface area contributed by atoms with E-state index in [4.69, 9.17) is 10.4 Å². The number of likely N-dealkylation sites (tertiary alicyclic amines) is 1. The van der Waals surface area contributed by atoms with Crippen molar-refractivity contribution in [1.29, 1.82) is 0 Å². The van der Waals surface area contributed by atoms with Crippen LogP contribution in [-0.2, 0) is 4.79 Å². The average Bonchev–Trinajstić information content (AvgIpc) is 3.07. The number of halogens is 2. The van der Waals surface area contributed by atoms with Crippen molar-refractivity contribution >= 4 is 39.2 Å². The number of amidine groups is 1. The maximum atomic E-state index is 13.3. The minimum Gasteiger partial charge on any atom is -0.382 e. The Morgan fingerprint density at radius 2 is 2.15 bits per heavy atom. The third kappa shape index (κ3) is 4.25. The number of rotatable bonds is 4. The first-order chi connectivity index (χ1) is 12.4. The number of carbonyl (C=O) groups excluding carboxylic acids is 1. The SMILES string of the molecule is CN1CCC(C(=O)Nc2nonc2C(N)=Nc2ccc(F)c(Br)c2)CC1. The maximum Gasteiger partial charge on any atom is 0.228 e. The van der Waals surface area contributed by atoms with Crippen LogP contribution in [0.1, 0.15) is 18.5 Å². The van der Waals surface area contributed by atoms with Gasteiger partial charge >= 0.3 is 0 Å². The minimum atomic E-state index is -0.406. The van der Waals surface area contributed by atoms with E-state index in [-0.39, 0.29) is 33.6 Å². The molecule has 0 aliphatic carbocycles. The molecule has 2 heterocycles. The van der Waals surface area contributed by atoms with Crippen molar-refractivity contribution in [1.82, 2.24) is 15.2 Å². The van der Waals surface area contributed by atoms with Crippen molar-refractivity contribution in [3.8, 4) is 0 Å². The zero-order valence-electron chi connectivity index (χ0n) is 14.1. The highest BCUT2D eigenvalue weighted by atomic mass is 79.9. The van der Waals surface area contributed by atoms with E-state index in [2.05, 4.69) is 41.5 Å². The molecule has 0 bridgehead atoms. The molecular formula is C16H18BrFN6O2. The summed E-state index contributed by atoms with van der Waals surface area (Å²) < 4.78 is 18.3. The van der Waals surface area contributed by atoms with E-state index in [9.17, 15) is 9.18 Å². The van der Waals surface area contributed by atoms with Gasteiger partial charge in [-0.15, -0.1) is 0 Å². The molecule has 2 aromatic rings. The number of piperidine rings is 1. The van der Waals surface area contributed by atoms with Crippen LogP contribution >= 0.6 is 15.9 Å². The van der Waals surface area contributed by atoms with E-state index in [0.29, 0.717) is 5.69 Å². The van der Waals surface area contributed by atoms with Gasteiger partial charge in [0.05, 0.1) is 10.2 Å². The number of aliphatic imine (C=N–C) groups is 1. The molecule has 0 atom stereocenters. The number of nitrogens with zero attached hydrogens (tertiary/aromatic N) is 4. The Labute approximate surface area is 157 Å². The van der Waals surface area contributed by atoms with Crippen LogP contribution in [0.2, 0.25) is 0 Å². The Kier molecular flexibility index (Phi) is 5.62. The summed E-state index contributed by atoms with van der Waals surface area (Å²) >= 11 is 3.09. The Morgan fingerprint density at radius 1 is 1.42 bits per heavy atom. The van der Waals surface area contributed by atoms with Gasteiger partial charge in [0.2, 0.25) is 11.7 Å². The molecule has 3 rings (SSSR count). The van der Waals surface area contributed by atoms with Crippen molar-refractivity contribution in [2.45, 2.75) is 12.8 Å². The summed E-state index contributed by atoms with van der Waals surface area (Å²) in [5, 5.41) is 10.1. The maximum absolute atomic E-state index is 13.3. The van der Waals surface area contributed by atoms with Gasteiger partial charge in [-0.3, -0.25) is 4.79 Å². The molecule has 3 N–H and O–H groups in total. The zero-order chi connectivity index (χ0) is 18.7. The summed E-state index contributed by atoms with van der Waals surface area (Å²) in [4.78, 5) is 18.8. The van der Waals surface area contributed by atoms with Crippen LogP contribution in [-0.4, -0.2) is 47.1 Å². The number of hydrogen-bond acceptors (Lipinski definition) is 6. The van der Waals surface area contributed by atoms with Crippen LogP contribution in [0.3, 0.4) is 0 Å². The van der Waals surface area contributed by atoms with E-state index >= 15 is 0 Å². The number of carbonyl (C=O) groups is 1. The Bertz CT molecular complexity index is 832. The van der Waals surface area contributed by atoms with Gasteiger partial charge in [-0.25, -0.2) is 14.0 Å². The Balaban J connectivity index is 1.74. The number of anilines is 1. The molecule has 1 aliphatic rings. The van der Waals surface area contributed by atoms with Gasteiger partial charge in [0.25, 0.3) is 0 Å². The molecule has 1 fully saturated rings. The molecule has 0 unspecified atom stereocenters. The molecule has 138 valence electrons. The molecule has 10 heteroatoms. The molecule has 1 aliphatic heterocycles. The molecule has 1 aromatic heterocycles. The smallest absolute Gasteiger partial charge is 0.228 e. The van der Waals surface area contributed by atoms with Crippen molar-refractivity contribution in [3.63, 3.8) is 0 Å². The lowest BCUT2D eigenvalue weighted by Gasteiger charge is -2.27. The van der Waals surface area contributed by atoms with Crippen LogP contribution in [0.25, 0.3) is 0 Å². The van der Waals surface area contributed by atoms with Crippen molar-refractivity contribution in [2.24, 2.45) is 16.6 Å². The van der Waals surface area contributed by atoms with Gasteiger partial charge in [0, 0.05) is 5.92 Å². The van der Waals surface area contributed by atoms with Crippen molar-refractivity contribution in [2.75, 3.05) is 25.5 Å². The van der Waals surface area contributed by atoms with E-state index < -0.39 is 5.82 Å². The Hall–Kier alpha value is -2.33. The minimum absolute atomic E-state index is 0.00318. The third-order valence-electron chi connectivity index (χ3n) is 4.21. The quantitative estimate of drug-likeness (QED) is 0.575. The number of hydrogen-bond donors (Lipinski definition) is 2. The van der Waals surface area contributed by atoms with Crippen LogP contribution in [0.4, 0.5) is 15.9 Å². The summed E-state index contributed by atoms with van der Waals surface area (Å²) in [5.74, 6) is -0.522. The van der Waals surface area contributed by atoms with E-state index in [1.807, 2.05) is 7.05 Å². The van der Waals surface area contributed by atoms with Gasteiger partial charge in [0.1, 0.15) is 5.82 Å². The monoisotopic (exact) mass is 424 g/mol. The molecule has 1 saturated heterocycles. The molecule has 26 heavy (non-hydrogen) atoms. The van der Waals surface area contributed by atoms with E-state index in [0.717, 1.165) is 25.9 Å². The predicted octanol–water partition coefficient (Wildman–Crippen LogP) is 2.29. The second-order valence-electron chi connectivity index (χ2n) is 6.12. The topological polar surface area (TPSA) is 110 Å². The fraction of sp³-hybridized carbons (Fsp3) is 0.375. The highest BCUT2D eigenvalue weighted by Gasteiger charge is 2.26. The first kappa shape index (κ1) is 18.5. The van der Waals surface area contributed by atoms with Gasteiger partial charge < -0.3 is 16.0 Å². The second kappa shape index (κ2) is 7.92. The van der Waals surface area contributed by atoms with Gasteiger partial charge in [-0.1, -0.05) is 0 Å². The summed E-state index contributed by atoms with van der Waals surface area (Å²) in [7, 11) is 2.03. The first-order valence-electron chi connectivity index (χ1n) is 8.05. The summed E-state index contributed by atoms with van der Waals surface area (Å²) in [6.07, 6.45) is 1.55. The normalized spacial score (nSPS) is 16.7. The van der Waals surface area contributed by atoms with Crippen LogP contribution in [0, 0.1) is 11.7 Å². The van der Waals surface area contributed by atoms with Crippen LogP contribution in [0.5, 0.6) is 0 Å². The molecular weight excluding hydrogens is 407 g/mol. The number of amides is 1. The number of nitrogens with one attached hydrogen (secondary N) is 1. The molecule has 8 nitrogen and oxygen atoms in total. The lowest BCUT2D eigenvalue weighted by atomic mass is 9.96. The second-order valence-corrected chi connectivity index (χ2v) is 6.98. The number of nitrogens with two attached hydrogens (primary N) is 1. The molecule has 1 amide bonds. The van der Waals surface area contributed by atoms with Crippen molar-refractivity contribution < 1.29 is 13.8 Å². The predicted molar refractivity (Wildman–Crippen MR) is 97.6 cm³/mol. The summed E-state index contributed by atoms with van der Waals surface area (Å²) in [6.45, 7) is 1.73. The standard InChI is InChI=1S/C16H18BrFN6O2/c1-24-6-4-9(5-7-24)16(25)21-15-13(22-26-23-15)14(19)20-10-2-3-12(18)11(17)8-10/h2-3,8-9H,4-7H2,1H3,(H2,19,20)(H,21,23,25). The molecule has 1 aromatic carbocycles. The van der Waals surface area contributed by atoms with E-state index in [1.54, 1.807) is 0 Å².